The third kappa shape index (κ3) is 45.9. The Kier molecular flexibility index (Phi) is 46.0. The summed E-state index contributed by atoms with van der Waals surface area (Å²) in [6.07, 6.45) is 60.2. The first-order valence-corrected chi connectivity index (χ1v) is 24.9. The molecule has 0 fully saturated rings. The molecule has 0 aromatic rings. The Morgan fingerprint density at radius 3 is 1.10 bits per heavy atom. The molecule has 0 rings (SSSR count). The molecule has 0 aliphatic rings. The van der Waals surface area contributed by atoms with Crippen LogP contribution in [0.15, 0.2) is 72.9 Å². The average molecular weight is 837 g/mol. The number of carbonyl (C=O) groups excluding carboxylic acids is 3. The van der Waals surface area contributed by atoms with Crippen molar-refractivity contribution >= 4 is 17.9 Å². The highest BCUT2D eigenvalue weighted by Crippen LogP contribution is 2.14. The molecule has 0 N–H and O–H groups in total. The van der Waals surface area contributed by atoms with E-state index in [1.54, 1.807) is 0 Å². The summed E-state index contributed by atoms with van der Waals surface area (Å²) < 4.78 is 16.7. The van der Waals surface area contributed by atoms with Gasteiger partial charge in [-0.1, -0.05) is 203 Å². The van der Waals surface area contributed by atoms with Crippen LogP contribution in [0.1, 0.15) is 233 Å². The van der Waals surface area contributed by atoms with Gasteiger partial charge in [0.1, 0.15) is 13.2 Å². The molecule has 6 heteroatoms. The molecule has 344 valence electrons. The number of esters is 3. The lowest BCUT2D eigenvalue weighted by Gasteiger charge is -2.18. The highest BCUT2D eigenvalue weighted by atomic mass is 16.6. The molecule has 0 amide bonds. The molecule has 0 saturated carbocycles. The van der Waals surface area contributed by atoms with E-state index in [1.165, 1.54) is 89.9 Å². The minimum Gasteiger partial charge on any atom is -0.462 e. The molecule has 0 aliphatic carbocycles. The third-order valence-corrected chi connectivity index (χ3v) is 10.4. The van der Waals surface area contributed by atoms with Crippen molar-refractivity contribution in [3.05, 3.63) is 72.9 Å². The monoisotopic (exact) mass is 837 g/mol. The highest BCUT2D eigenvalue weighted by Gasteiger charge is 2.19. The van der Waals surface area contributed by atoms with Gasteiger partial charge in [-0.15, -0.1) is 0 Å². The molecule has 1 atom stereocenters. The van der Waals surface area contributed by atoms with Gasteiger partial charge in [0.2, 0.25) is 0 Å². The van der Waals surface area contributed by atoms with Crippen molar-refractivity contribution in [3.63, 3.8) is 0 Å². The summed E-state index contributed by atoms with van der Waals surface area (Å²) in [5.74, 6) is -0.933. The number of carbonyl (C=O) groups is 3. The number of hydrogen-bond acceptors (Lipinski definition) is 6. The maximum Gasteiger partial charge on any atom is 0.306 e. The van der Waals surface area contributed by atoms with Crippen LogP contribution in [0, 0.1) is 0 Å². The number of unbranched alkanes of at least 4 members (excludes halogenated alkanes) is 21. The lowest BCUT2D eigenvalue weighted by atomic mass is 10.0. The van der Waals surface area contributed by atoms with Crippen LogP contribution in [0.3, 0.4) is 0 Å². The average Bonchev–Trinajstić information content (AvgIpc) is 3.24. The topological polar surface area (TPSA) is 78.9 Å². The van der Waals surface area contributed by atoms with Gasteiger partial charge >= 0.3 is 17.9 Å². The van der Waals surface area contributed by atoms with E-state index in [4.69, 9.17) is 14.2 Å². The lowest BCUT2D eigenvalue weighted by Crippen LogP contribution is -2.30. The number of ether oxygens (including phenoxy) is 3. The first kappa shape index (κ1) is 56.9. The first-order valence-electron chi connectivity index (χ1n) is 24.9. The maximum absolute atomic E-state index is 12.8. The largest absolute Gasteiger partial charge is 0.462 e. The molecular weight excluding hydrogens is 745 g/mol. The minimum atomic E-state index is -0.793. The molecule has 0 aromatic heterocycles. The van der Waals surface area contributed by atoms with Crippen LogP contribution in [0.2, 0.25) is 0 Å². The van der Waals surface area contributed by atoms with Crippen LogP contribution < -0.4 is 0 Å². The normalized spacial score (nSPS) is 12.7. The molecular formula is C54H92O6. The van der Waals surface area contributed by atoms with Crippen molar-refractivity contribution in [2.75, 3.05) is 13.2 Å². The molecule has 0 saturated heterocycles. The second-order valence-electron chi connectivity index (χ2n) is 16.3. The van der Waals surface area contributed by atoms with E-state index >= 15 is 0 Å². The SMILES string of the molecule is CC/C=C\C/C=C\C/C=C\C/C=C\C/C=C\CCCCCC(=O)O[C@H](COC(=O)CCCCCCC/C=C\CCCC)COC(=O)CCCCCCCCCCCCCC. The summed E-state index contributed by atoms with van der Waals surface area (Å²) in [7, 11) is 0. The van der Waals surface area contributed by atoms with Gasteiger partial charge in [0.05, 0.1) is 0 Å². The fourth-order valence-electron chi connectivity index (χ4n) is 6.68. The summed E-state index contributed by atoms with van der Waals surface area (Å²) in [6, 6.07) is 0. The van der Waals surface area contributed by atoms with E-state index in [0.29, 0.717) is 12.8 Å². The van der Waals surface area contributed by atoms with Gasteiger partial charge < -0.3 is 14.2 Å². The van der Waals surface area contributed by atoms with Crippen LogP contribution in [-0.4, -0.2) is 37.2 Å². The van der Waals surface area contributed by atoms with Gasteiger partial charge in [-0.3, -0.25) is 14.4 Å². The zero-order chi connectivity index (χ0) is 43.7. The molecule has 0 bridgehead atoms. The third-order valence-electron chi connectivity index (χ3n) is 10.4. The predicted octanol–water partition coefficient (Wildman–Crippen LogP) is 16.3. The zero-order valence-electron chi connectivity index (χ0n) is 39.2. The van der Waals surface area contributed by atoms with Crippen LogP contribution in [0.5, 0.6) is 0 Å². The standard InChI is InChI=1S/C54H92O6/c1-4-7-10-13-16-19-22-24-25-26-27-28-29-30-33-36-39-42-45-48-54(57)60-51(49-58-52(55)46-43-40-37-34-31-21-18-15-12-9-6-3)50-59-53(56)47-44-41-38-35-32-23-20-17-14-11-8-5-2/h7,10,15-16,18-19,24-25,27-28,30,33,51H,4-6,8-9,11-14,17,20-23,26,29,31-32,34-50H2,1-3H3/b10-7-,18-15-,19-16-,25-24-,28-27-,33-30-/t51-/m1/s1. The van der Waals surface area contributed by atoms with Gasteiger partial charge in [-0.05, 0) is 83.5 Å². The fraction of sp³-hybridized carbons (Fsp3) is 0.722. The molecule has 0 unspecified atom stereocenters. The number of rotatable bonds is 44. The van der Waals surface area contributed by atoms with E-state index < -0.39 is 6.10 Å². The zero-order valence-corrected chi connectivity index (χ0v) is 39.2. The van der Waals surface area contributed by atoms with Crippen molar-refractivity contribution in [1.82, 2.24) is 0 Å². The second-order valence-corrected chi connectivity index (χ2v) is 16.3. The van der Waals surface area contributed by atoms with Crippen LogP contribution >= 0.6 is 0 Å². The van der Waals surface area contributed by atoms with Gasteiger partial charge in [0.15, 0.2) is 6.10 Å². The van der Waals surface area contributed by atoms with Crippen molar-refractivity contribution in [3.8, 4) is 0 Å². The number of hydrogen-bond donors (Lipinski definition) is 0. The van der Waals surface area contributed by atoms with Gasteiger partial charge in [0.25, 0.3) is 0 Å². The van der Waals surface area contributed by atoms with Crippen molar-refractivity contribution in [2.24, 2.45) is 0 Å². The Morgan fingerprint density at radius 2 is 0.667 bits per heavy atom. The van der Waals surface area contributed by atoms with E-state index in [9.17, 15) is 14.4 Å². The summed E-state index contributed by atoms with van der Waals surface area (Å²) in [5.41, 5.74) is 0. The second kappa shape index (κ2) is 48.5. The van der Waals surface area contributed by atoms with E-state index in [2.05, 4.69) is 93.7 Å². The van der Waals surface area contributed by atoms with Gasteiger partial charge in [0, 0.05) is 19.3 Å². The summed E-state index contributed by atoms with van der Waals surface area (Å²) in [4.78, 5) is 37.9. The predicted molar refractivity (Wildman–Crippen MR) is 256 cm³/mol. The Bertz CT molecular complexity index is 1140. The quantitative estimate of drug-likeness (QED) is 0.0263. The van der Waals surface area contributed by atoms with Crippen LogP contribution in [0.4, 0.5) is 0 Å². The smallest absolute Gasteiger partial charge is 0.306 e. The maximum atomic E-state index is 12.8. The minimum absolute atomic E-state index is 0.0902. The number of allylic oxidation sites excluding steroid dienone is 12. The van der Waals surface area contributed by atoms with Crippen LogP contribution in [0.25, 0.3) is 0 Å². The van der Waals surface area contributed by atoms with E-state index in [1.807, 2.05) is 0 Å². The fourth-order valence-corrected chi connectivity index (χ4v) is 6.68. The molecule has 0 aromatic carbocycles. The summed E-state index contributed by atoms with van der Waals surface area (Å²) in [6.45, 7) is 6.44. The Labute approximate surface area is 370 Å². The van der Waals surface area contributed by atoms with Gasteiger partial charge in [-0.25, -0.2) is 0 Å². The molecule has 0 aliphatic heterocycles. The molecule has 0 heterocycles. The Balaban J connectivity index is 4.44. The van der Waals surface area contributed by atoms with Crippen molar-refractivity contribution in [1.29, 1.82) is 0 Å². The summed E-state index contributed by atoms with van der Waals surface area (Å²) >= 11 is 0. The molecule has 60 heavy (non-hydrogen) atoms. The van der Waals surface area contributed by atoms with Gasteiger partial charge in [-0.2, -0.15) is 0 Å². The molecule has 0 radical (unpaired) electrons. The first-order chi connectivity index (χ1) is 29.5. The van der Waals surface area contributed by atoms with E-state index in [-0.39, 0.29) is 37.5 Å². The van der Waals surface area contributed by atoms with E-state index in [0.717, 1.165) is 103 Å². The molecule has 6 nitrogen and oxygen atoms in total. The Morgan fingerprint density at radius 1 is 0.350 bits per heavy atom. The Hall–Kier alpha value is -3.15. The molecule has 0 spiro atoms. The van der Waals surface area contributed by atoms with Crippen molar-refractivity contribution in [2.45, 2.75) is 239 Å². The highest BCUT2D eigenvalue weighted by molar-refractivity contribution is 5.71. The summed E-state index contributed by atoms with van der Waals surface area (Å²) in [5, 5.41) is 0. The van der Waals surface area contributed by atoms with Crippen LogP contribution in [-0.2, 0) is 28.6 Å². The van der Waals surface area contributed by atoms with Crippen molar-refractivity contribution < 1.29 is 28.6 Å². The lowest BCUT2D eigenvalue weighted by molar-refractivity contribution is -0.167.